The number of aromatic nitrogens is 2. The summed E-state index contributed by atoms with van der Waals surface area (Å²) < 4.78 is 49.1. The smallest absolute Gasteiger partial charge is 0.394 e. The van der Waals surface area contributed by atoms with E-state index in [1.807, 2.05) is 32.0 Å². The molecule has 0 amide bonds. The van der Waals surface area contributed by atoms with Crippen LogP contribution < -0.4 is 15.2 Å². The van der Waals surface area contributed by atoms with E-state index in [1.54, 1.807) is 19.1 Å². The first-order chi connectivity index (χ1) is 17.9. The fraction of sp³-hybridized carbons (Fsp3) is 0.370. The van der Waals surface area contributed by atoms with Crippen LogP contribution in [0.4, 0.5) is 19.1 Å². The van der Waals surface area contributed by atoms with Gasteiger partial charge in [-0.25, -0.2) is 9.78 Å². The molecule has 4 rings (SSSR count). The van der Waals surface area contributed by atoms with Gasteiger partial charge >= 0.3 is 12.1 Å². The number of ether oxygens (including phenoxy) is 1. The number of halogens is 3. The van der Waals surface area contributed by atoms with Crippen LogP contribution in [0.25, 0.3) is 11.3 Å². The molecule has 1 fully saturated rings. The van der Waals surface area contributed by atoms with E-state index in [1.165, 1.54) is 12.1 Å². The standard InChI is InChI=1S/C27H29F3N4O3S/c1-15-6-4-7-16(2)21(15)22-17(3)23(37-14-19(31)13-26(10-11-26)27(28,29)30)33-25(32-22)34-38-20-9-5-8-18(12-20)24(35)36/h4-9,12,19H,10-11,13-14,31H2,1-3H3,(H,35,36)(H,32,33,34). The summed E-state index contributed by atoms with van der Waals surface area (Å²) in [5.41, 5.74) is 8.63. The zero-order chi connectivity index (χ0) is 27.7. The van der Waals surface area contributed by atoms with Gasteiger partial charge < -0.3 is 15.6 Å². The number of hydrogen-bond donors (Lipinski definition) is 3. The summed E-state index contributed by atoms with van der Waals surface area (Å²) in [6, 6.07) is 11.4. The molecular weight excluding hydrogens is 517 g/mol. The quantitative estimate of drug-likeness (QED) is 0.253. The average Bonchev–Trinajstić information content (AvgIpc) is 3.64. The van der Waals surface area contributed by atoms with Gasteiger partial charge in [0.25, 0.3) is 0 Å². The van der Waals surface area contributed by atoms with Crippen LogP contribution in [-0.2, 0) is 0 Å². The van der Waals surface area contributed by atoms with Crippen LogP contribution >= 0.6 is 11.9 Å². The van der Waals surface area contributed by atoms with E-state index in [-0.39, 0.29) is 43.3 Å². The maximum absolute atomic E-state index is 13.4. The van der Waals surface area contributed by atoms with Crippen LogP contribution in [0.3, 0.4) is 0 Å². The lowest BCUT2D eigenvalue weighted by Gasteiger charge is -2.23. The Kier molecular flexibility index (Phi) is 7.89. The van der Waals surface area contributed by atoms with E-state index in [2.05, 4.69) is 9.71 Å². The zero-order valence-electron chi connectivity index (χ0n) is 21.2. The number of alkyl halides is 3. The number of benzene rings is 2. The van der Waals surface area contributed by atoms with Crippen molar-refractivity contribution in [3.05, 3.63) is 64.7 Å². The summed E-state index contributed by atoms with van der Waals surface area (Å²) in [4.78, 5) is 21.1. The monoisotopic (exact) mass is 546 g/mol. The van der Waals surface area contributed by atoms with Crippen molar-refractivity contribution in [1.82, 2.24) is 9.97 Å². The molecule has 1 heterocycles. The number of anilines is 1. The Balaban J connectivity index is 1.61. The van der Waals surface area contributed by atoms with Crippen molar-refractivity contribution in [3.63, 3.8) is 0 Å². The molecule has 1 atom stereocenters. The Hall–Kier alpha value is -3.31. The lowest BCUT2D eigenvalue weighted by Crippen LogP contribution is -2.36. The highest BCUT2D eigenvalue weighted by Gasteiger charge is 2.63. The minimum atomic E-state index is -4.28. The van der Waals surface area contributed by atoms with Gasteiger partial charge in [-0.2, -0.15) is 18.2 Å². The zero-order valence-corrected chi connectivity index (χ0v) is 22.0. The van der Waals surface area contributed by atoms with E-state index in [4.69, 9.17) is 15.5 Å². The molecule has 0 bridgehead atoms. The maximum atomic E-state index is 13.4. The number of nitrogens with two attached hydrogens (primary N) is 1. The number of carboxylic acid groups (broad SMARTS) is 1. The van der Waals surface area contributed by atoms with Crippen LogP contribution in [0, 0.1) is 26.2 Å². The number of hydrogen-bond acceptors (Lipinski definition) is 7. The third-order valence-electron chi connectivity index (χ3n) is 6.70. The van der Waals surface area contributed by atoms with Crippen molar-refractivity contribution in [2.75, 3.05) is 11.3 Å². The summed E-state index contributed by atoms with van der Waals surface area (Å²) >= 11 is 1.13. The van der Waals surface area contributed by atoms with E-state index >= 15 is 0 Å². The fourth-order valence-corrected chi connectivity index (χ4v) is 5.04. The van der Waals surface area contributed by atoms with Crippen LogP contribution in [0.15, 0.2) is 47.4 Å². The molecule has 11 heteroatoms. The van der Waals surface area contributed by atoms with Crippen LogP contribution in [0.5, 0.6) is 5.88 Å². The predicted molar refractivity (Wildman–Crippen MR) is 140 cm³/mol. The molecule has 0 aliphatic heterocycles. The molecule has 2 aromatic carbocycles. The normalized spacial score (nSPS) is 15.1. The number of nitrogens with one attached hydrogen (secondary N) is 1. The SMILES string of the molecule is Cc1cccc(C)c1-c1nc(NSc2cccc(C(=O)O)c2)nc(OCC(N)CC2(C(F)(F)F)CC2)c1C. The number of aryl methyl sites for hydroxylation is 2. The molecule has 7 nitrogen and oxygen atoms in total. The molecule has 202 valence electrons. The van der Waals surface area contributed by atoms with Crippen molar-refractivity contribution in [3.8, 4) is 17.1 Å². The van der Waals surface area contributed by atoms with Crippen molar-refractivity contribution in [2.45, 2.75) is 57.1 Å². The Bertz CT molecular complexity index is 1330. The fourth-order valence-electron chi connectivity index (χ4n) is 4.41. The highest BCUT2D eigenvalue weighted by atomic mass is 32.2. The van der Waals surface area contributed by atoms with Crippen LogP contribution in [0.1, 0.15) is 46.3 Å². The van der Waals surface area contributed by atoms with Gasteiger partial charge in [-0.1, -0.05) is 24.3 Å². The minimum absolute atomic E-state index is 0.0851. The van der Waals surface area contributed by atoms with E-state index in [0.717, 1.165) is 28.6 Å². The number of rotatable bonds is 10. The van der Waals surface area contributed by atoms with Gasteiger partial charge in [0.05, 0.1) is 16.7 Å². The lowest BCUT2D eigenvalue weighted by molar-refractivity contribution is -0.190. The molecule has 1 aromatic heterocycles. The first-order valence-corrected chi connectivity index (χ1v) is 12.9. The number of aromatic carboxylic acids is 1. The number of carboxylic acids is 1. The summed E-state index contributed by atoms with van der Waals surface area (Å²) in [6.45, 7) is 5.60. The van der Waals surface area contributed by atoms with Crippen LogP contribution in [-0.4, -0.2) is 39.9 Å². The summed E-state index contributed by atoms with van der Waals surface area (Å²) in [6.07, 6.45) is -4.31. The third kappa shape index (κ3) is 6.05. The number of carbonyl (C=O) groups is 1. The largest absolute Gasteiger partial charge is 0.478 e. The van der Waals surface area contributed by atoms with Crippen molar-refractivity contribution in [2.24, 2.45) is 11.1 Å². The predicted octanol–water partition coefficient (Wildman–Crippen LogP) is 6.32. The van der Waals surface area contributed by atoms with Crippen molar-refractivity contribution < 1.29 is 27.8 Å². The highest BCUT2D eigenvalue weighted by molar-refractivity contribution is 8.00. The highest BCUT2D eigenvalue weighted by Crippen LogP contribution is 2.60. The molecule has 38 heavy (non-hydrogen) atoms. The molecular formula is C27H29F3N4O3S. The van der Waals surface area contributed by atoms with Crippen LogP contribution in [0.2, 0.25) is 0 Å². The Morgan fingerprint density at radius 3 is 2.42 bits per heavy atom. The number of nitrogens with zero attached hydrogens (tertiary/aromatic N) is 2. The first kappa shape index (κ1) is 27.7. The molecule has 1 unspecified atom stereocenters. The molecule has 0 saturated heterocycles. The van der Waals surface area contributed by atoms with E-state index < -0.39 is 23.6 Å². The summed E-state index contributed by atoms with van der Waals surface area (Å²) in [7, 11) is 0. The molecule has 1 aliphatic carbocycles. The molecule has 0 radical (unpaired) electrons. The first-order valence-electron chi connectivity index (χ1n) is 12.1. The maximum Gasteiger partial charge on any atom is 0.394 e. The second-order valence-corrected chi connectivity index (χ2v) is 10.6. The molecule has 1 aliphatic rings. The van der Waals surface area contributed by atoms with Gasteiger partial charge in [0, 0.05) is 22.1 Å². The van der Waals surface area contributed by atoms with Crippen molar-refractivity contribution in [1.29, 1.82) is 0 Å². The summed E-state index contributed by atoms with van der Waals surface area (Å²) in [5, 5.41) is 9.26. The third-order valence-corrected chi connectivity index (χ3v) is 7.48. The Morgan fingerprint density at radius 2 is 1.82 bits per heavy atom. The molecule has 4 N–H and O–H groups in total. The van der Waals surface area contributed by atoms with Gasteiger partial charge in [-0.15, -0.1) is 0 Å². The lowest BCUT2D eigenvalue weighted by atomic mass is 9.97. The van der Waals surface area contributed by atoms with Gasteiger partial charge in [-0.3, -0.25) is 4.72 Å². The van der Waals surface area contributed by atoms with Gasteiger partial charge in [0.2, 0.25) is 11.8 Å². The van der Waals surface area contributed by atoms with E-state index in [0.29, 0.717) is 16.2 Å². The van der Waals surface area contributed by atoms with Gasteiger partial charge in [-0.05, 0) is 81.3 Å². The second kappa shape index (κ2) is 10.8. The Morgan fingerprint density at radius 1 is 1.16 bits per heavy atom. The average molecular weight is 547 g/mol. The second-order valence-electron chi connectivity index (χ2n) is 9.68. The molecule has 3 aromatic rings. The topological polar surface area (TPSA) is 110 Å². The molecule has 0 spiro atoms. The minimum Gasteiger partial charge on any atom is -0.478 e. The Labute approximate surface area is 223 Å². The van der Waals surface area contributed by atoms with E-state index in [9.17, 15) is 23.1 Å². The van der Waals surface area contributed by atoms with Gasteiger partial charge in [0.1, 0.15) is 6.61 Å². The summed E-state index contributed by atoms with van der Waals surface area (Å²) in [5.74, 6) is -0.620. The molecule has 1 saturated carbocycles. The van der Waals surface area contributed by atoms with Gasteiger partial charge in [0.15, 0.2) is 0 Å². The van der Waals surface area contributed by atoms with Crippen molar-refractivity contribution >= 4 is 23.9 Å².